The lowest BCUT2D eigenvalue weighted by molar-refractivity contribution is 0.176. The summed E-state index contributed by atoms with van der Waals surface area (Å²) in [6.45, 7) is 13.4. The predicted octanol–water partition coefficient (Wildman–Crippen LogP) is 3.40. The van der Waals surface area contributed by atoms with E-state index in [-0.39, 0.29) is 11.5 Å². The van der Waals surface area contributed by atoms with Gasteiger partial charge in [-0.25, -0.2) is 8.42 Å². The number of piperidine rings is 1. The van der Waals surface area contributed by atoms with Crippen LogP contribution in [0.3, 0.4) is 0 Å². The van der Waals surface area contributed by atoms with Crippen LogP contribution >= 0.6 is 0 Å². The van der Waals surface area contributed by atoms with E-state index in [9.17, 15) is 8.42 Å². The van der Waals surface area contributed by atoms with Gasteiger partial charge in [0.2, 0.25) is 10.0 Å². The topological polar surface area (TPSA) is 40.6 Å². The molecule has 0 bridgehead atoms. The van der Waals surface area contributed by atoms with Crippen LogP contribution in [-0.2, 0) is 15.4 Å². The number of sulfonamides is 1. The molecule has 0 N–H and O–H groups in total. The van der Waals surface area contributed by atoms with Gasteiger partial charge in [0.15, 0.2) is 0 Å². The molecular formula is C19H32N2O2S. The van der Waals surface area contributed by atoms with Crippen molar-refractivity contribution in [2.75, 3.05) is 26.7 Å². The van der Waals surface area contributed by atoms with Crippen molar-refractivity contribution in [3.05, 3.63) is 29.3 Å². The third-order valence-corrected chi connectivity index (χ3v) is 7.28. The van der Waals surface area contributed by atoms with Crippen molar-refractivity contribution < 1.29 is 8.42 Å². The fourth-order valence-corrected chi connectivity index (χ4v) is 4.96. The summed E-state index contributed by atoms with van der Waals surface area (Å²) in [5.41, 5.74) is 1.81. The van der Waals surface area contributed by atoms with Crippen LogP contribution in [0.2, 0.25) is 0 Å². The van der Waals surface area contributed by atoms with Gasteiger partial charge in [0.05, 0.1) is 4.90 Å². The summed E-state index contributed by atoms with van der Waals surface area (Å²) in [6, 6.07) is 5.92. The van der Waals surface area contributed by atoms with E-state index in [0.29, 0.717) is 4.90 Å². The molecule has 136 valence electrons. The lowest BCUT2D eigenvalue weighted by Gasteiger charge is -2.36. The molecule has 1 heterocycles. The first kappa shape index (κ1) is 19.4. The summed E-state index contributed by atoms with van der Waals surface area (Å²) in [5, 5.41) is 0. The zero-order valence-electron chi connectivity index (χ0n) is 16.0. The lowest BCUT2D eigenvalue weighted by atomic mass is 9.87. The SMILES string of the molecule is CCN1CCC(N(C)S(=O)(=O)c2cc(C(C)(C)C)ccc2C)CC1. The summed E-state index contributed by atoms with van der Waals surface area (Å²) in [6.07, 6.45) is 1.81. The molecule has 0 radical (unpaired) electrons. The summed E-state index contributed by atoms with van der Waals surface area (Å²) in [5.74, 6) is 0. The minimum atomic E-state index is -3.46. The molecule has 0 atom stereocenters. The predicted molar refractivity (Wildman–Crippen MR) is 100.0 cm³/mol. The summed E-state index contributed by atoms with van der Waals surface area (Å²) in [4.78, 5) is 2.83. The molecule has 1 saturated heterocycles. The molecule has 1 fully saturated rings. The maximum absolute atomic E-state index is 13.2. The average molecular weight is 353 g/mol. The third-order valence-electron chi connectivity index (χ3n) is 5.23. The van der Waals surface area contributed by atoms with Crippen LogP contribution in [0, 0.1) is 6.92 Å². The smallest absolute Gasteiger partial charge is 0.243 e. The van der Waals surface area contributed by atoms with Crippen LogP contribution in [0.25, 0.3) is 0 Å². The molecule has 4 nitrogen and oxygen atoms in total. The number of likely N-dealkylation sites (tertiary alicyclic amines) is 1. The Morgan fingerprint density at radius 3 is 2.29 bits per heavy atom. The first-order chi connectivity index (χ1) is 11.1. The van der Waals surface area contributed by atoms with Crippen LogP contribution in [-0.4, -0.2) is 50.3 Å². The van der Waals surface area contributed by atoms with Crippen LogP contribution < -0.4 is 0 Å². The number of benzene rings is 1. The number of hydrogen-bond donors (Lipinski definition) is 0. The monoisotopic (exact) mass is 352 g/mol. The van der Waals surface area contributed by atoms with Crippen molar-refractivity contribution in [2.45, 2.75) is 63.8 Å². The summed E-state index contributed by atoms with van der Waals surface area (Å²) in [7, 11) is -1.72. The van der Waals surface area contributed by atoms with Crippen molar-refractivity contribution in [3.8, 4) is 0 Å². The molecular weight excluding hydrogens is 320 g/mol. The molecule has 1 aliphatic rings. The number of hydrogen-bond acceptors (Lipinski definition) is 3. The van der Waals surface area contributed by atoms with E-state index in [1.165, 1.54) is 0 Å². The fraction of sp³-hybridized carbons (Fsp3) is 0.684. The Labute approximate surface area is 147 Å². The van der Waals surface area contributed by atoms with Gasteiger partial charge in [-0.1, -0.05) is 39.8 Å². The van der Waals surface area contributed by atoms with Gasteiger partial charge >= 0.3 is 0 Å². The van der Waals surface area contributed by atoms with Crippen molar-refractivity contribution in [1.29, 1.82) is 0 Å². The summed E-state index contributed by atoms with van der Waals surface area (Å²) < 4.78 is 28.0. The minimum absolute atomic E-state index is 0.0665. The Kier molecular flexibility index (Phi) is 5.78. The largest absolute Gasteiger partial charge is 0.303 e. The molecule has 1 aliphatic heterocycles. The van der Waals surface area contributed by atoms with Crippen LogP contribution in [0.1, 0.15) is 51.7 Å². The van der Waals surface area contributed by atoms with E-state index in [1.54, 1.807) is 11.4 Å². The van der Waals surface area contributed by atoms with Gasteiger partial charge < -0.3 is 4.90 Å². The molecule has 0 unspecified atom stereocenters. The van der Waals surface area contributed by atoms with E-state index in [0.717, 1.165) is 43.6 Å². The number of nitrogens with zero attached hydrogens (tertiary/aromatic N) is 2. The Balaban J connectivity index is 2.30. The fourth-order valence-electron chi connectivity index (χ4n) is 3.30. The van der Waals surface area contributed by atoms with E-state index < -0.39 is 10.0 Å². The van der Waals surface area contributed by atoms with E-state index in [4.69, 9.17) is 0 Å². The van der Waals surface area contributed by atoms with Crippen LogP contribution in [0.15, 0.2) is 23.1 Å². The molecule has 0 amide bonds. The maximum Gasteiger partial charge on any atom is 0.243 e. The first-order valence-corrected chi connectivity index (χ1v) is 10.3. The van der Waals surface area contributed by atoms with Crippen molar-refractivity contribution >= 4 is 10.0 Å². The molecule has 0 spiro atoms. The molecule has 0 saturated carbocycles. The molecule has 1 aromatic rings. The second-order valence-corrected chi connectivity index (χ2v) is 9.88. The van der Waals surface area contributed by atoms with Gasteiger partial charge in [0, 0.05) is 13.1 Å². The van der Waals surface area contributed by atoms with Gasteiger partial charge in [-0.15, -0.1) is 0 Å². The molecule has 24 heavy (non-hydrogen) atoms. The highest BCUT2D eigenvalue weighted by Crippen LogP contribution is 2.29. The van der Waals surface area contributed by atoms with E-state index in [2.05, 4.69) is 32.6 Å². The molecule has 5 heteroatoms. The number of aryl methyl sites for hydroxylation is 1. The highest BCUT2D eigenvalue weighted by Gasteiger charge is 2.32. The van der Waals surface area contributed by atoms with Gasteiger partial charge in [-0.2, -0.15) is 4.31 Å². The first-order valence-electron chi connectivity index (χ1n) is 8.89. The normalized spacial score (nSPS) is 18.3. The van der Waals surface area contributed by atoms with Crippen LogP contribution in [0.5, 0.6) is 0 Å². The third kappa shape index (κ3) is 4.01. The minimum Gasteiger partial charge on any atom is -0.303 e. The number of rotatable bonds is 4. The average Bonchev–Trinajstić information content (AvgIpc) is 2.53. The standard InChI is InChI=1S/C19H32N2O2S/c1-7-21-12-10-17(11-13-21)20(6)24(22,23)18-14-16(19(3,4)5)9-8-15(18)2/h8-9,14,17H,7,10-13H2,1-6H3. The second-order valence-electron chi connectivity index (χ2n) is 7.92. The second kappa shape index (κ2) is 7.14. The Morgan fingerprint density at radius 1 is 1.21 bits per heavy atom. The summed E-state index contributed by atoms with van der Waals surface area (Å²) >= 11 is 0. The van der Waals surface area contributed by atoms with Crippen molar-refractivity contribution in [3.63, 3.8) is 0 Å². The molecule has 0 aromatic heterocycles. The van der Waals surface area contributed by atoms with Gasteiger partial charge in [-0.3, -0.25) is 0 Å². The Bertz CT molecular complexity index is 669. The van der Waals surface area contributed by atoms with E-state index >= 15 is 0 Å². The quantitative estimate of drug-likeness (QED) is 0.834. The lowest BCUT2D eigenvalue weighted by Crippen LogP contribution is -2.45. The molecule has 2 rings (SSSR count). The highest BCUT2D eigenvalue weighted by molar-refractivity contribution is 7.89. The van der Waals surface area contributed by atoms with E-state index in [1.807, 2.05) is 25.1 Å². The van der Waals surface area contributed by atoms with Gasteiger partial charge in [0.1, 0.15) is 0 Å². The van der Waals surface area contributed by atoms with Crippen LogP contribution in [0.4, 0.5) is 0 Å². The van der Waals surface area contributed by atoms with Crippen molar-refractivity contribution in [1.82, 2.24) is 9.21 Å². The van der Waals surface area contributed by atoms with Crippen molar-refractivity contribution in [2.24, 2.45) is 0 Å². The Hall–Kier alpha value is -0.910. The maximum atomic E-state index is 13.2. The Morgan fingerprint density at radius 2 is 1.79 bits per heavy atom. The zero-order chi connectivity index (χ0) is 18.1. The van der Waals surface area contributed by atoms with Gasteiger partial charge in [-0.05, 0) is 62.0 Å². The zero-order valence-corrected chi connectivity index (χ0v) is 16.8. The molecule has 0 aliphatic carbocycles. The molecule has 1 aromatic carbocycles. The van der Waals surface area contributed by atoms with Gasteiger partial charge in [0.25, 0.3) is 0 Å². The highest BCUT2D eigenvalue weighted by atomic mass is 32.2.